The quantitative estimate of drug-likeness (QED) is 0.312. The van der Waals surface area contributed by atoms with Crippen molar-refractivity contribution < 1.29 is 9.84 Å². The third kappa shape index (κ3) is 4.19. The molecule has 1 heterocycles. The van der Waals surface area contributed by atoms with Crippen LogP contribution in [-0.4, -0.2) is 11.8 Å². The summed E-state index contributed by atoms with van der Waals surface area (Å²) in [5.74, 6) is 0. The van der Waals surface area contributed by atoms with Crippen LogP contribution < -0.4 is 15.7 Å². The Morgan fingerprint density at radius 2 is 1.27 bits per heavy atom. The lowest BCUT2D eigenvalue weighted by molar-refractivity contribution is -0.618. The number of hydrogen-bond acceptors (Lipinski definition) is 2. The van der Waals surface area contributed by atoms with Gasteiger partial charge >= 0.3 is 0 Å². The van der Waals surface area contributed by atoms with Crippen LogP contribution in [0.25, 0.3) is 11.5 Å². The Bertz CT molecular complexity index is 1090. The molecule has 0 spiro atoms. The average molecular weight is 391 g/mol. The largest absolute Gasteiger partial charge is 0.618 e. The van der Waals surface area contributed by atoms with Crippen LogP contribution >= 0.6 is 0 Å². The van der Waals surface area contributed by atoms with Gasteiger partial charge in [0.05, 0.1) is 0 Å². The molecule has 4 heteroatoms. The first kappa shape index (κ1) is 19.7. The summed E-state index contributed by atoms with van der Waals surface area (Å²) in [6.45, 7) is -0.347. The maximum absolute atomic E-state index is 12.8. The van der Waals surface area contributed by atoms with Crippen molar-refractivity contribution in [3.05, 3.63) is 131 Å². The molecule has 4 aromatic rings. The topological polar surface area (TPSA) is 47.2 Å². The molecule has 3 nitrogen and oxygen atoms in total. The van der Waals surface area contributed by atoms with Gasteiger partial charge in [0.2, 0.25) is 18.1 Å². The molecule has 0 atom stereocenters. The lowest BCUT2D eigenvalue weighted by Crippen LogP contribution is -2.44. The van der Waals surface area contributed by atoms with Gasteiger partial charge < -0.3 is 10.3 Å². The van der Waals surface area contributed by atoms with Crippen LogP contribution in [0.4, 0.5) is 0 Å². The number of aromatic nitrogens is 1. The highest BCUT2D eigenvalue weighted by Crippen LogP contribution is 2.21. The molecule has 0 amide bonds. The summed E-state index contributed by atoms with van der Waals surface area (Å²) in [5, 5.41) is 22.3. The molecule has 0 unspecified atom stereocenters. The van der Waals surface area contributed by atoms with Crippen LogP contribution in [0.1, 0.15) is 17.0 Å². The Hall–Kier alpha value is -3.63. The van der Waals surface area contributed by atoms with Gasteiger partial charge in [-0.3, -0.25) is 0 Å². The van der Waals surface area contributed by atoms with Crippen LogP contribution in [-0.2, 0) is 6.61 Å². The lowest BCUT2D eigenvalue weighted by Gasteiger charge is -2.19. The minimum Gasteiger partial charge on any atom is -0.618 e. The van der Waals surface area contributed by atoms with E-state index in [1.165, 1.54) is 0 Å². The van der Waals surface area contributed by atoms with E-state index in [9.17, 15) is 10.3 Å². The minimum absolute atomic E-state index is 0.0485. The van der Waals surface area contributed by atoms with E-state index < -0.39 is 0 Å². The van der Waals surface area contributed by atoms with Crippen molar-refractivity contribution >= 4 is 29.2 Å². The van der Waals surface area contributed by atoms with E-state index in [1.54, 1.807) is 18.2 Å². The van der Waals surface area contributed by atoms with Gasteiger partial charge in [0, 0.05) is 18.2 Å². The fourth-order valence-corrected chi connectivity index (χ4v) is 3.75. The molecule has 0 aliphatic rings. The molecule has 1 aromatic heterocycles. The molecule has 0 saturated carbocycles. The van der Waals surface area contributed by atoms with E-state index in [2.05, 4.69) is 36.4 Å². The first-order valence-electron chi connectivity index (χ1n) is 9.97. The zero-order valence-corrected chi connectivity index (χ0v) is 16.6. The van der Waals surface area contributed by atoms with Crippen LogP contribution in [0, 0.1) is 5.21 Å². The predicted molar refractivity (Wildman–Crippen MR) is 124 cm³/mol. The molecule has 4 rings (SSSR count). The Kier molecular flexibility index (Phi) is 6.07. The molecule has 3 aromatic carbocycles. The Labute approximate surface area is 177 Å². The number of rotatable bonds is 6. The van der Waals surface area contributed by atoms with Crippen LogP contribution in [0.2, 0.25) is 0 Å². The zero-order chi connectivity index (χ0) is 20.8. The fourth-order valence-electron chi connectivity index (χ4n) is 3.75. The number of nitrogens with zero attached hydrogens (tertiary/aromatic N) is 1. The third-order valence-electron chi connectivity index (χ3n) is 5.20. The molecule has 1 N–H and O–H groups in total. The standard InChI is InChI=1S/C26H22BNO2/c29-20-25-18-10-17-24(28(25)30)19-26(21-11-4-1-5-12-21)27(22-13-6-2-7-14-22)23-15-8-3-9-16-23/h1-19,29H,20H2/b26-19-. The van der Waals surface area contributed by atoms with Crippen LogP contribution in [0.15, 0.2) is 109 Å². The van der Waals surface area contributed by atoms with Gasteiger partial charge in [0.25, 0.3) is 0 Å². The van der Waals surface area contributed by atoms with E-state index in [-0.39, 0.29) is 13.3 Å². The molecule has 30 heavy (non-hydrogen) atoms. The van der Waals surface area contributed by atoms with Gasteiger partial charge in [-0.15, -0.1) is 0 Å². The molecule has 0 fully saturated rings. The Morgan fingerprint density at radius 1 is 0.733 bits per heavy atom. The normalized spacial score (nSPS) is 11.3. The summed E-state index contributed by atoms with van der Waals surface area (Å²) < 4.78 is 0.802. The van der Waals surface area contributed by atoms with Crippen molar-refractivity contribution in [3.8, 4) is 0 Å². The predicted octanol–water partition coefficient (Wildman–Crippen LogP) is 3.20. The smallest absolute Gasteiger partial charge is 0.242 e. The second kappa shape index (κ2) is 9.25. The van der Waals surface area contributed by atoms with Gasteiger partial charge in [0.15, 0.2) is 0 Å². The summed E-state index contributed by atoms with van der Waals surface area (Å²) in [6, 6.07) is 36.0. The van der Waals surface area contributed by atoms with E-state index in [1.807, 2.05) is 60.7 Å². The van der Waals surface area contributed by atoms with E-state index in [4.69, 9.17) is 0 Å². The first-order chi connectivity index (χ1) is 14.8. The summed E-state index contributed by atoms with van der Waals surface area (Å²) in [7, 11) is 0. The Balaban J connectivity index is 1.97. The van der Waals surface area contributed by atoms with Crippen LogP contribution in [0.3, 0.4) is 0 Å². The highest BCUT2D eigenvalue weighted by atomic mass is 16.5. The first-order valence-corrected chi connectivity index (χ1v) is 9.97. The molecule has 0 bridgehead atoms. The van der Waals surface area contributed by atoms with E-state index in [0.717, 1.165) is 26.7 Å². The van der Waals surface area contributed by atoms with Crippen molar-refractivity contribution in [3.63, 3.8) is 0 Å². The molecule has 0 aliphatic heterocycles. The van der Waals surface area contributed by atoms with Crippen molar-refractivity contribution in [2.75, 3.05) is 0 Å². The molecule has 0 saturated heterocycles. The van der Waals surface area contributed by atoms with Gasteiger partial charge in [-0.2, -0.15) is 4.73 Å². The molecular weight excluding hydrogens is 369 g/mol. The lowest BCUT2D eigenvalue weighted by atomic mass is 9.35. The second-order valence-electron chi connectivity index (χ2n) is 7.11. The van der Waals surface area contributed by atoms with E-state index >= 15 is 0 Å². The number of aliphatic hydroxyl groups excluding tert-OH is 1. The van der Waals surface area contributed by atoms with Crippen molar-refractivity contribution in [1.29, 1.82) is 0 Å². The number of benzene rings is 3. The second-order valence-corrected chi connectivity index (χ2v) is 7.11. The van der Waals surface area contributed by atoms with Crippen molar-refractivity contribution in [2.45, 2.75) is 6.61 Å². The number of pyridine rings is 1. The van der Waals surface area contributed by atoms with Gasteiger partial charge in [-0.1, -0.05) is 107 Å². The maximum atomic E-state index is 12.8. The Morgan fingerprint density at radius 3 is 1.80 bits per heavy atom. The summed E-state index contributed by atoms with van der Waals surface area (Å²) in [5.41, 5.74) is 5.19. The fraction of sp³-hybridized carbons (Fsp3) is 0.0385. The highest BCUT2D eigenvalue weighted by Gasteiger charge is 2.26. The molecule has 0 radical (unpaired) electrons. The summed E-state index contributed by atoms with van der Waals surface area (Å²) >= 11 is 0. The number of hydrogen-bond donors (Lipinski definition) is 1. The van der Waals surface area contributed by atoms with Crippen molar-refractivity contribution in [2.24, 2.45) is 0 Å². The monoisotopic (exact) mass is 391 g/mol. The van der Waals surface area contributed by atoms with E-state index in [0.29, 0.717) is 11.4 Å². The maximum Gasteiger partial charge on any atom is 0.242 e. The highest BCUT2D eigenvalue weighted by molar-refractivity contribution is 7.00. The number of aliphatic hydroxyl groups is 1. The van der Waals surface area contributed by atoms with Gasteiger partial charge in [0.1, 0.15) is 6.61 Å². The SMILES string of the molecule is [O-][n+]1c(/C=C(\B(c2ccccc2)c2ccccc2)c2ccccc2)cccc1CO. The van der Waals surface area contributed by atoms with Crippen LogP contribution in [0.5, 0.6) is 0 Å². The zero-order valence-electron chi connectivity index (χ0n) is 16.6. The van der Waals surface area contributed by atoms with Crippen molar-refractivity contribution in [1.82, 2.24) is 0 Å². The molecule has 0 aliphatic carbocycles. The molecule has 146 valence electrons. The molecular formula is C26H22BNO2. The minimum atomic E-state index is -0.299. The summed E-state index contributed by atoms with van der Waals surface area (Å²) in [4.78, 5) is 0. The summed E-state index contributed by atoms with van der Waals surface area (Å²) in [6.07, 6.45) is 1.94. The van der Waals surface area contributed by atoms with Gasteiger partial charge in [-0.05, 0) is 11.6 Å². The van der Waals surface area contributed by atoms with Gasteiger partial charge in [-0.25, -0.2) is 0 Å². The third-order valence-corrected chi connectivity index (χ3v) is 5.20. The average Bonchev–Trinajstić information content (AvgIpc) is 2.82.